The van der Waals surface area contributed by atoms with Gasteiger partial charge >= 0.3 is 0 Å². The van der Waals surface area contributed by atoms with Crippen LogP contribution in [0.25, 0.3) is 0 Å². The van der Waals surface area contributed by atoms with Crippen molar-refractivity contribution in [2.75, 3.05) is 13.2 Å². The van der Waals surface area contributed by atoms with Gasteiger partial charge < -0.3 is 10.1 Å². The maximum Gasteiger partial charge on any atom is 0.122 e. The number of nitrogens with one attached hydrogen (secondary N) is 1. The molecule has 0 radical (unpaired) electrons. The molecule has 3 heteroatoms. The quantitative estimate of drug-likeness (QED) is 0.790. The van der Waals surface area contributed by atoms with Gasteiger partial charge in [0.1, 0.15) is 5.75 Å². The van der Waals surface area contributed by atoms with E-state index in [4.69, 9.17) is 4.74 Å². The zero-order valence-corrected chi connectivity index (χ0v) is 14.6. The molecule has 1 atom stereocenters. The number of hydrogen-bond acceptors (Lipinski definition) is 2. The molecule has 1 aliphatic carbocycles. The highest BCUT2D eigenvalue weighted by molar-refractivity contribution is 9.10. The van der Waals surface area contributed by atoms with Crippen molar-refractivity contribution in [3.8, 4) is 5.75 Å². The third-order valence-corrected chi connectivity index (χ3v) is 4.86. The second kappa shape index (κ2) is 6.48. The van der Waals surface area contributed by atoms with Crippen molar-refractivity contribution in [1.29, 1.82) is 0 Å². The summed E-state index contributed by atoms with van der Waals surface area (Å²) in [5.74, 6) is 1.06. The van der Waals surface area contributed by atoms with Gasteiger partial charge in [-0.05, 0) is 55.8 Å². The molecule has 2 rings (SSSR count). The van der Waals surface area contributed by atoms with E-state index in [0.29, 0.717) is 11.5 Å². The molecule has 112 valence electrons. The van der Waals surface area contributed by atoms with E-state index in [0.717, 1.165) is 25.3 Å². The monoisotopic (exact) mass is 339 g/mol. The number of hydrogen-bond donors (Lipinski definition) is 1. The average Bonchev–Trinajstić information content (AvgIpc) is 2.51. The summed E-state index contributed by atoms with van der Waals surface area (Å²) in [6, 6.07) is 4.64. The van der Waals surface area contributed by atoms with Crippen molar-refractivity contribution < 1.29 is 4.74 Å². The fourth-order valence-electron chi connectivity index (χ4n) is 3.18. The summed E-state index contributed by atoms with van der Waals surface area (Å²) in [6.45, 7) is 10.7. The van der Waals surface area contributed by atoms with Crippen LogP contribution < -0.4 is 10.1 Å². The van der Waals surface area contributed by atoms with Crippen LogP contribution in [-0.4, -0.2) is 13.2 Å². The van der Waals surface area contributed by atoms with Crippen LogP contribution in [-0.2, 0) is 6.42 Å². The Bertz CT molecular complexity index is 470. The van der Waals surface area contributed by atoms with E-state index in [1.54, 1.807) is 0 Å². The molecule has 0 bridgehead atoms. The maximum absolute atomic E-state index is 5.86. The number of benzene rings is 1. The second-order valence-corrected chi connectivity index (χ2v) is 7.20. The fourth-order valence-corrected chi connectivity index (χ4v) is 3.83. The minimum absolute atomic E-state index is 0.356. The minimum Gasteiger partial charge on any atom is -0.494 e. The Kier molecular flexibility index (Phi) is 5.14. The third kappa shape index (κ3) is 3.37. The molecule has 1 N–H and O–H groups in total. The van der Waals surface area contributed by atoms with Crippen molar-refractivity contribution in [2.24, 2.45) is 5.41 Å². The third-order valence-electron chi connectivity index (χ3n) is 4.17. The summed E-state index contributed by atoms with van der Waals surface area (Å²) in [6.07, 6.45) is 3.47. The summed E-state index contributed by atoms with van der Waals surface area (Å²) in [5.41, 5.74) is 3.15. The molecule has 1 aromatic carbocycles. The smallest absolute Gasteiger partial charge is 0.122 e. The van der Waals surface area contributed by atoms with E-state index >= 15 is 0 Å². The van der Waals surface area contributed by atoms with E-state index in [9.17, 15) is 0 Å². The Labute approximate surface area is 131 Å². The van der Waals surface area contributed by atoms with E-state index in [1.165, 1.54) is 28.4 Å². The van der Waals surface area contributed by atoms with Crippen molar-refractivity contribution in [3.05, 3.63) is 27.7 Å². The highest BCUT2D eigenvalue weighted by atomic mass is 79.9. The zero-order chi connectivity index (χ0) is 14.8. The number of halogens is 1. The van der Waals surface area contributed by atoms with E-state index < -0.39 is 0 Å². The Balaban J connectivity index is 2.50. The van der Waals surface area contributed by atoms with Crippen LogP contribution >= 0.6 is 15.9 Å². The zero-order valence-electron chi connectivity index (χ0n) is 13.1. The van der Waals surface area contributed by atoms with Gasteiger partial charge in [0.15, 0.2) is 0 Å². The number of rotatable bonds is 4. The van der Waals surface area contributed by atoms with E-state index in [2.05, 4.69) is 61.1 Å². The molecular weight excluding hydrogens is 314 g/mol. The first kappa shape index (κ1) is 15.8. The van der Waals surface area contributed by atoms with Crippen LogP contribution in [0.1, 0.15) is 57.7 Å². The molecule has 0 saturated heterocycles. The van der Waals surface area contributed by atoms with Crippen LogP contribution in [0.2, 0.25) is 0 Å². The highest BCUT2D eigenvalue weighted by Gasteiger charge is 2.31. The lowest BCUT2D eigenvalue weighted by Crippen LogP contribution is -2.26. The average molecular weight is 340 g/mol. The highest BCUT2D eigenvalue weighted by Crippen LogP contribution is 2.44. The van der Waals surface area contributed by atoms with Gasteiger partial charge in [-0.15, -0.1) is 0 Å². The lowest BCUT2D eigenvalue weighted by Gasteiger charge is -2.28. The molecule has 0 spiro atoms. The molecule has 0 saturated carbocycles. The standard InChI is InChI=1S/C17H26BrNO/c1-5-19-14-11-17(3,4)10-9-12-15(20-6-2)8-7-13(18)16(12)14/h7-8,14,19H,5-6,9-11H2,1-4H3. The fraction of sp³-hybridized carbons (Fsp3) is 0.647. The van der Waals surface area contributed by atoms with Crippen LogP contribution in [0.3, 0.4) is 0 Å². The first-order valence-electron chi connectivity index (χ1n) is 7.66. The van der Waals surface area contributed by atoms with Gasteiger partial charge in [0.05, 0.1) is 6.61 Å². The van der Waals surface area contributed by atoms with E-state index in [1.807, 2.05) is 0 Å². The molecule has 0 aliphatic heterocycles. The Morgan fingerprint density at radius 2 is 2.10 bits per heavy atom. The van der Waals surface area contributed by atoms with Gasteiger partial charge in [0.2, 0.25) is 0 Å². The SMILES string of the molecule is CCNC1CC(C)(C)CCc2c(OCC)ccc(Br)c21. The molecule has 0 fully saturated rings. The lowest BCUT2D eigenvalue weighted by atomic mass is 9.83. The summed E-state index contributed by atoms with van der Waals surface area (Å²) >= 11 is 3.75. The summed E-state index contributed by atoms with van der Waals surface area (Å²) in [4.78, 5) is 0. The van der Waals surface area contributed by atoms with Gasteiger partial charge in [0.25, 0.3) is 0 Å². The molecule has 0 amide bonds. The normalized spacial score (nSPS) is 21.1. The van der Waals surface area contributed by atoms with Crippen LogP contribution in [0.15, 0.2) is 16.6 Å². The lowest BCUT2D eigenvalue weighted by molar-refractivity contribution is 0.274. The molecule has 1 unspecified atom stereocenters. The Morgan fingerprint density at radius 1 is 1.35 bits per heavy atom. The van der Waals surface area contributed by atoms with Crippen molar-refractivity contribution in [3.63, 3.8) is 0 Å². The summed E-state index contributed by atoms with van der Waals surface area (Å²) in [7, 11) is 0. The Hall–Kier alpha value is -0.540. The van der Waals surface area contributed by atoms with Crippen LogP contribution in [0, 0.1) is 5.41 Å². The number of ether oxygens (including phenoxy) is 1. The minimum atomic E-state index is 0.356. The van der Waals surface area contributed by atoms with Gasteiger partial charge in [-0.3, -0.25) is 0 Å². The van der Waals surface area contributed by atoms with Crippen molar-refractivity contribution >= 4 is 15.9 Å². The van der Waals surface area contributed by atoms with Crippen molar-refractivity contribution in [2.45, 2.75) is 53.0 Å². The molecule has 20 heavy (non-hydrogen) atoms. The van der Waals surface area contributed by atoms with Crippen molar-refractivity contribution in [1.82, 2.24) is 5.32 Å². The first-order chi connectivity index (χ1) is 9.48. The molecule has 1 aliphatic rings. The largest absolute Gasteiger partial charge is 0.494 e. The molecule has 0 aromatic heterocycles. The Morgan fingerprint density at radius 3 is 2.75 bits per heavy atom. The number of fused-ring (bicyclic) bond motifs is 1. The predicted molar refractivity (Wildman–Crippen MR) is 88.4 cm³/mol. The van der Waals surface area contributed by atoms with Gasteiger partial charge in [0, 0.05) is 16.1 Å². The topological polar surface area (TPSA) is 21.3 Å². The van der Waals surface area contributed by atoms with Gasteiger partial charge in [-0.25, -0.2) is 0 Å². The van der Waals surface area contributed by atoms with Gasteiger partial charge in [-0.2, -0.15) is 0 Å². The first-order valence-corrected chi connectivity index (χ1v) is 8.45. The second-order valence-electron chi connectivity index (χ2n) is 6.35. The molecular formula is C17H26BrNO. The van der Waals surface area contributed by atoms with Gasteiger partial charge in [-0.1, -0.05) is 36.7 Å². The molecule has 2 nitrogen and oxygen atoms in total. The summed E-state index contributed by atoms with van der Waals surface area (Å²) in [5, 5.41) is 3.66. The van der Waals surface area contributed by atoms with Crippen LogP contribution in [0.4, 0.5) is 0 Å². The predicted octanol–water partition coefficient (Wildman–Crippen LogP) is 4.86. The maximum atomic E-state index is 5.86. The molecule has 0 heterocycles. The molecule has 1 aromatic rings. The summed E-state index contributed by atoms with van der Waals surface area (Å²) < 4.78 is 7.07. The van der Waals surface area contributed by atoms with E-state index in [-0.39, 0.29) is 0 Å². The van der Waals surface area contributed by atoms with Crippen LogP contribution in [0.5, 0.6) is 5.75 Å².